The van der Waals surface area contributed by atoms with E-state index in [4.69, 9.17) is 5.73 Å². The van der Waals surface area contributed by atoms with Gasteiger partial charge in [-0.25, -0.2) is 4.68 Å². The lowest BCUT2D eigenvalue weighted by atomic mass is 10.3. The summed E-state index contributed by atoms with van der Waals surface area (Å²) in [6, 6.07) is 0.194. The second-order valence-corrected chi connectivity index (χ2v) is 3.74. The summed E-state index contributed by atoms with van der Waals surface area (Å²) in [5.41, 5.74) is 7.57. The van der Waals surface area contributed by atoms with Gasteiger partial charge in [0, 0.05) is 12.6 Å². The molecular weight excluding hydrogens is 188 g/mol. The molecule has 0 aliphatic heterocycles. The molecule has 0 saturated carbocycles. The van der Waals surface area contributed by atoms with Gasteiger partial charge in [0.2, 0.25) is 0 Å². The predicted octanol–water partition coefficient (Wildman–Crippen LogP) is 2.17. The van der Waals surface area contributed by atoms with Crippen molar-refractivity contribution in [3.8, 4) is 0 Å². The number of nitrogens with one attached hydrogen (secondary N) is 1. The second kappa shape index (κ2) is 4.87. The highest BCUT2D eigenvalue weighted by molar-refractivity contribution is 5.65. The first kappa shape index (κ1) is 11.6. The summed E-state index contributed by atoms with van der Waals surface area (Å²) in [6.45, 7) is 10.7. The third-order valence-corrected chi connectivity index (χ3v) is 2.33. The first-order chi connectivity index (χ1) is 7.10. The minimum atomic E-state index is 0.194. The van der Waals surface area contributed by atoms with Gasteiger partial charge in [-0.1, -0.05) is 13.0 Å². The summed E-state index contributed by atoms with van der Waals surface area (Å²) >= 11 is 0. The van der Waals surface area contributed by atoms with Gasteiger partial charge in [0.25, 0.3) is 0 Å². The fraction of sp³-hybridized carbons (Fsp3) is 0.545. The highest BCUT2D eigenvalue weighted by atomic mass is 15.3. The van der Waals surface area contributed by atoms with Crippen LogP contribution >= 0.6 is 0 Å². The maximum absolute atomic E-state index is 5.96. The van der Waals surface area contributed by atoms with E-state index in [9.17, 15) is 0 Å². The van der Waals surface area contributed by atoms with Gasteiger partial charge in [-0.3, -0.25) is 0 Å². The number of nitrogen functional groups attached to an aromatic ring is 1. The normalized spacial score (nSPS) is 12.5. The van der Waals surface area contributed by atoms with Crippen LogP contribution in [0.5, 0.6) is 0 Å². The van der Waals surface area contributed by atoms with Crippen molar-refractivity contribution >= 4 is 11.5 Å². The minimum Gasteiger partial charge on any atom is -0.394 e. The SMILES string of the molecule is C=CC(C)Nc1c(N)c(C)nn1CCC. The van der Waals surface area contributed by atoms with Crippen molar-refractivity contribution in [1.82, 2.24) is 9.78 Å². The molecule has 1 unspecified atom stereocenters. The van der Waals surface area contributed by atoms with E-state index in [-0.39, 0.29) is 6.04 Å². The average Bonchev–Trinajstić information content (AvgIpc) is 2.46. The van der Waals surface area contributed by atoms with E-state index in [1.165, 1.54) is 0 Å². The topological polar surface area (TPSA) is 55.9 Å². The van der Waals surface area contributed by atoms with Crippen LogP contribution in [0.1, 0.15) is 26.0 Å². The molecule has 84 valence electrons. The average molecular weight is 208 g/mol. The lowest BCUT2D eigenvalue weighted by molar-refractivity contribution is 0.601. The zero-order valence-corrected chi connectivity index (χ0v) is 9.75. The van der Waals surface area contributed by atoms with Gasteiger partial charge < -0.3 is 11.1 Å². The van der Waals surface area contributed by atoms with Gasteiger partial charge in [-0.15, -0.1) is 6.58 Å². The Morgan fingerprint density at radius 2 is 2.33 bits per heavy atom. The smallest absolute Gasteiger partial charge is 0.148 e. The van der Waals surface area contributed by atoms with Crippen LogP contribution < -0.4 is 11.1 Å². The molecule has 0 spiro atoms. The number of nitrogens with zero attached hydrogens (tertiary/aromatic N) is 2. The molecule has 1 rings (SSSR count). The van der Waals surface area contributed by atoms with Crippen molar-refractivity contribution in [2.24, 2.45) is 0 Å². The molecule has 0 fully saturated rings. The number of hydrogen-bond acceptors (Lipinski definition) is 3. The lowest BCUT2D eigenvalue weighted by Crippen LogP contribution is -2.16. The van der Waals surface area contributed by atoms with Gasteiger partial charge in [-0.05, 0) is 20.3 Å². The Bertz CT molecular complexity index is 341. The monoisotopic (exact) mass is 208 g/mol. The standard InChI is InChI=1S/C11H20N4/c1-5-7-15-11(13-8(3)6-2)10(12)9(4)14-15/h6,8,13H,2,5,7,12H2,1,3-4H3. The zero-order valence-electron chi connectivity index (χ0n) is 9.75. The summed E-state index contributed by atoms with van der Waals surface area (Å²) in [5, 5.41) is 7.67. The predicted molar refractivity (Wildman–Crippen MR) is 64.9 cm³/mol. The zero-order chi connectivity index (χ0) is 11.4. The van der Waals surface area contributed by atoms with Crippen molar-refractivity contribution in [3.63, 3.8) is 0 Å². The lowest BCUT2D eigenvalue weighted by Gasteiger charge is -2.13. The molecule has 3 N–H and O–H groups in total. The first-order valence-electron chi connectivity index (χ1n) is 5.32. The van der Waals surface area contributed by atoms with Crippen LogP contribution in [-0.2, 0) is 6.54 Å². The highest BCUT2D eigenvalue weighted by Gasteiger charge is 2.12. The quantitative estimate of drug-likeness (QED) is 0.729. The molecule has 15 heavy (non-hydrogen) atoms. The first-order valence-corrected chi connectivity index (χ1v) is 5.32. The Balaban J connectivity index is 2.96. The van der Waals surface area contributed by atoms with E-state index >= 15 is 0 Å². The van der Waals surface area contributed by atoms with Crippen molar-refractivity contribution in [3.05, 3.63) is 18.3 Å². The fourth-order valence-corrected chi connectivity index (χ4v) is 1.40. The largest absolute Gasteiger partial charge is 0.394 e. The van der Waals surface area contributed by atoms with Crippen LogP contribution in [0, 0.1) is 6.92 Å². The third kappa shape index (κ3) is 2.52. The number of aromatic nitrogens is 2. The Morgan fingerprint density at radius 3 is 2.87 bits per heavy atom. The van der Waals surface area contributed by atoms with Gasteiger partial charge in [0.05, 0.1) is 11.4 Å². The molecule has 4 nitrogen and oxygen atoms in total. The molecule has 1 heterocycles. The summed E-state index contributed by atoms with van der Waals surface area (Å²) < 4.78 is 1.92. The Kier molecular flexibility index (Phi) is 3.77. The van der Waals surface area contributed by atoms with Gasteiger partial charge in [0.15, 0.2) is 0 Å². The Morgan fingerprint density at radius 1 is 1.67 bits per heavy atom. The molecular formula is C11H20N4. The molecule has 0 bridgehead atoms. The van der Waals surface area contributed by atoms with Crippen LogP contribution in [0.25, 0.3) is 0 Å². The fourth-order valence-electron chi connectivity index (χ4n) is 1.40. The number of nitrogens with two attached hydrogens (primary N) is 1. The molecule has 1 aromatic heterocycles. The molecule has 1 atom stereocenters. The highest BCUT2D eigenvalue weighted by Crippen LogP contribution is 2.23. The van der Waals surface area contributed by atoms with Gasteiger partial charge >= 0.3 is 0 Å². The molecule has 4 heteroatoms. The van der Waals surface area contributed by atoms with Crippen LogP contribution in [0.3, 0.4) is 0 Å². The summed E-state index contributed by atoms with van der Waals surface area (Å²) in [5.74, 6) is 0.904. The summed E-state index contributed by atoms with van der Waals surface area (Å²) in [4.78, 5) is 0. The molecule has 1 aromatic rings. The molecule has 0 aliphatic carbocycles. The Hall–Kier alpha value is -1.45. The maximum atomic E-state index is 5.96. The number of aryl methyl sites for hydroxylation is 2. The molecule has 0 saturated heterocycles. The maximum Gasteiger partial charge on any atom is 0.148 e. The number of hydrogen-bond donors (Lipinski definition) is 2. The molecule has 0 amide bonds. The van der Waals surface area contributed by atoms with Crippen LogP contribution in [-0.4, -0.2) is 15.8 Å². The molecule has 0 aliphatic rings. The van der Waals surface area contributed by atoms with Crippen molar-refractivity contribution in [1.29, 1.82) is 0 Å². The number of anilines is 2. The summed E-state index contributed by atoms with van der Waals surface area (Å²) in [7, 11) is 0. The van der Waals surface area contributed by atoms with Gasteiger partial charge in [-0.2, -0.15) is 5.10 Å². The van der Waals surface area contributed by atoms with Crippen LogP contribution in [0.15, 0.2) is 12.7 Å². The number of rotatable bonds is 5. The Labute approximate surface area is 91.2 Å². The van der Waals surface area contributed by atoms with Crippen molar-refractivity contribution < 1.29 is 0 Å². The van der Waals surface area contributed by atoms with E-state index in [0.29, 0.717) is 0 Å². The second-order valence-electron chi connectivity index (χ2n) is 3.74. The van der Waals surface area contributed by atoms with E-state index in [1.807, 2.05) is 24.6 Å². The molecule has 0 aromatic carbocycles. The van der Waals surface area contributed by atoms with Crippen molar-refractivity contribution in [2.45, 2.75) is 39.8 Å². The van der Waals surface area contributed by atoms with E-state index < -0.39 is 0 Å². The summed E-state index contributed by atoms with van der Waals surface area (Å²) in [6.07, 6.45) is 2.88. The third-order valence-electron chi connectivity index (χ3n) is 2.33. The van der Waals surface area contributed by atoms with Gasteiger partial charge in [0.1, 0.15) is 5.82 Å². The van der Waals surface area contributed by atoms with E-state index in [0.717, 1.165) is 30.2 Å². The molecule has 0 radical (unpaired) electrons. The minimum absolute atomic E-state index is 0.194. The van der Waals surface area contributed by atoms with E-state index in [2.05, 4.69) is 23.9 Å². The van der Waals surface area contributed by atoms with Crippen LogP contribution in [0.2, 0.25) is 0 Å². The van der Waals surface area contributed by atoms with Crippen molar-refractivity contribution in [2.75, 3.05) is 11.1 Å². The van der Waals surface area contributed by atoms with Crippen LogP contribution in [0.4, 0.5) is 11.5 Å². The van der Waals surface area contributed by atoms with E-state index in [1.54, 1.807) is 0 Å².